The second kappa shape index (κ2) is 12.1. The molecule has 1 saturated heterocycles. The first-order chi connectivity index (χ1) is 14.7. The van der Waals surface area contributed by atoms with Gasteiger partial charge in [0.15, 0.2) is 5.96 Å². The minimum Gasteiger partial charge on any atom is -0.493 e. The number of benzene rings is 1. The van der Waals surface area contributed by atoms with Gasteiger partial charge >= 0.3 is 0 Å². The molecule has 0 unspecified atom stereocenters. The Hall–Kier alpha value is -1.89. The summed E-state index contributed by atoms with van der Waals surface area (Å²) in [6, 6.07) is 8.48. The molecule has 6 nitrogen and oxygen atoms in total. The molecule has 0 radical (unpaired) electrons. The van der Waals surface area contributed by atoms with Crippen LogP contribution in [0.3, 0.4) is 0 Å². The van der Waals surface area contributed by atoms with Gasteiger partial charge in [0.2, 0.25) is 5.91 Å². The van der Waals surface area contributed by atoms with Gasteiger partial charge in [-0.15, -0.1) is 0 Å². The Bertz CT molecular complexity index is 698. The highest BCUT2D eigenvalue weighted by Crippen LogP contribution is 2.27. The van der Waals surface area contributed by atoms with E-state index in [1.807, 2.05) is 37.0 Å². The van der Waals surface area contributed by atoms with Crippen molar-refractivity contribution in [1.29, 1.82) is 0 Å². The Kier molecular flexibility index (Phi) is 9.18. The molecule has 0 atom stereocenters. The van der Waals surface area contributed by atoms with Gasteiger partial charge in [-0.25, -0.2) is 0 Å². The molecule has 1 saturated carbocycles. The number of carbonyl (C=O) groups is 1. The molecule has 1 aromatic carbocycles. The molecule has 1 aliphatic carbocycles. The summed E-state index contributed by atoms with van der Waals surface area (Å²) in [5.74, 6) is 4.55. The van der Waals surface area contributed by atoms with Crippen LogP contribution in [0.2, 0.25) is 0 Å². The van der Waals surface area contributed by atoms with Crippen LogP contribution < -0.4 is 15.4 Å². The lowest BCUT2D eigenvalue weighted by molar-refractivity contribution is -0.136. The maximum atomic E-state index is 12.7. The highest BCUT2D eigenvalue weighted by atomic mass is 32.2. The van der Waals surface area contributed by atoms with Crippen LogP contribution in [0.1, 0.15) is 37.7 Å². The third-order valence-corrected chi connectivity index (χ3v) is 6.87. The second-order valence-corrected chi connectivity index (χ2v) is 9.32. The quantitative estimate of drug-likeness (QED) is 0.394. The lowest BCUT2D eigenvalue weighted by atomic mass is 9.85. The van der Waals surface area contributed by atoms with E-state index in [0.717, 1.165) is 80.5 Å². The molecule has 0 spiro atoms. The first-order valence-electron chi connectivity index (χ1n) is 11.2. The van der Waals surface area contributed by atoms with Crippen LogP contribution in [0.4, 0.5) is 0 Å². The van der Waals surface area contributed by atoms with Gasteiger partial charge in [0.25, 0.3) is 0 Å². The Morgan fingerprint density at radius 3 is 2.63 bits per heavy atom. The van der Waals surface area contributed by atoms with Gasteiger partial charge in [-0.3, -0.25) is 9.79 Å². The largest absolute Gasteiger partial charge is 0.493 e. The van der Waals surface area contributed by atoms with Crippen LogP contribution >= 0.6 is 11.8 Å². The smallest absolute Gasteiger partial charge is 0.225 e. The number of amides is 1. The van der Waals surface area contributed by atoms with Crippen molar-refractivity contribution in [2.24, 2.45) is 10.9 Å². The Morgan fingerprint density at radius 2 is 1.93 bits per heavy atom. The van der Waals surface area contributed by atoms with E-state index in [4.69, 9.17) is 4.74 Å². The van der Waals surface area contributed by atoms with Crippen molar-refractivity contribution < 1.29 is 9.53 Å². The minimum absolute atomic E-state index is 0.208. The number of para-hydroxylation sites is 1. The monoisotopic (exact) mass is 432 g/mol. The number of hydrogen-bond acceptors (Lipinski definition) is 4. The molecule has 7 heteroatoms. The summed E-state index contributed by atoms with van der Waals surface area (Å²) in [4.78, 5) is 19.1. The summed E-state index contributed by atoms with van der Waals surface area (Å²) in [7, 11) is 1.81. The number of ether oxygens (including phenoxy) is 1. The van der Waals surface area contributed by atoms with E-state index >= 15 is 0 Å². The number of carbonyl (C=O) groups excluding carboxylic acids is 1. The third kappa shape index (κ3) is 6.83. The highest BCUT2D eigenvalue weighted by molar-refractivity contribution is 7.99. The SMILES string of the molecule is CN=C(NCCCOc1ccccc1C)NC1CCC(C(=O)N2CCSCC2)CC1. The second-order valence-electron chi connectivity index (χ2n) is 8.10. The number of aryl methyl sites for hydroxylation is 1. The van der Waals surface area contributed by atoms with Gasteiger partial charge in [0.05, 0.1) is 6.61 Å². The topological polar surface area (TPSA) is 66.0 Å². The molecule has 1 heterocycles. The Morgan fingerprint density at radius 1 is 1.20 bits per heavy atom. The molecule has 2 N–H and O–H groups in total. The first kappa shape index (κ1) is 22.8. The number of thioether (sulfide) groups is 1. The molecule has 1 aromatic rings. The average molecular weight is 433 g/mol. The molecule has 166 valence electrons. The van der Waals surface area contributed by atoms with Gasteiger partial charge in [-0.05, 0) is 50.7 Å². The van der Waals surface area contributed by atoms with Gasteiger partial charge in [0, 0.05) is 50.1 Å². The van der Waals surface area contributed by atoms with Crippen LogP contribution in [0.5, 0.6) is 5.75 Å². The molecule has 2 aliphatic rings. The number of nitrogens with one attached hydrogen (secondary N) is 2. The fourth-order valence-corrected chi connectivity index (χ4v) is 5.00. The molecule has 0 aromatic heterocycles. The molecule has 30 heavy (non-hydrogen) atoms. The molecular formula is C23H36N4O2S. The van der Waals surface area contributed by atoms with Crippen molar-refractivity contribution in [2.45, 2.75) is 45.1 Å². The van der Waals surface area contributed by atoms with Crippen LogP contribution in [0.15, 0.2) is 29.3 Å². The van der Waals surface area contributed by atoms with Crippen molar-refractivity contribution in [1.82, 2.24) is 15.5 Å². The lowest BCUT2D eigenvalue weighted by Crippen LogP contribution is -2.47. The standard InChI is InChI=1S/C23H36N4O2S/c1-18-6-3-4-7-21(18)29-15-5-12-25-23(24-2)26-20-10-8-19(9-11-20)22(28)27-13-16-30-17-14-27/h3-4,6-7,19-20H,5,8-17H2,1-2H3,(H2,24,25,26). The third-order valence-electron chi connectivity index (χ3n) is 5.93. The van der Waals surface area contributed by atoms with Crippen molar-refractivity contribution in [3.05, 3.63) is 29.8 Å². The predicted octanol–water partition coefficient (Wildman–Crippen LogP) is 3.06. The zero-order valence-electron chi connectivity index (χ0n) is 18.4. The maximum Gasteiger partial charge on any atom is 0.225 e. The van der Waals surface area contributed by atoms with Crippen molar-refractivity contribution >= 4 is 23.6 Å². The van der Waals surface area contributed by atoms with Crippen LogP contribution in [-0.4, -0.2) is 67.6 Å². The van der Waals surface area contributed by atoms with E-state index in [1.165, 1.54) is 0 Å². The number of rotatable bonds is 7. The van der Waals surface area contributed by atoms with Crippen LogP contribution in [0.25, 0.3) is 0 Å². The van der Waals surface area contributed by atoms with Gasteiger partial charge < -0.3 is 20.3 Å². The van der Waals surface area contributed by atoms with Gasteiger partial charge in [0.1, 0.15) is 5.75 Å². The Labute approximate surface area is 185 Å². The molecule has 2 fully saturated rings. The molecular weight excluding hydrogens is 396 g/mol. The van der Waals surface area contributed by atoms with Gasteiger partial charge in [-0.1, -0.05) is 18.2 Å². The minimum atomic E-state index is 0.208. The predicted molar refractivity (Wildman–Crippen MR) is 125 cm³/mol. The van der Waals surface area contributed by atoms with E-state index in [1.54, 1.807) is 0 Å². The maximum absolute atomic E-state index is 12.7. The zero-order valence-corrected chi connectivity index (χ0v) is 19.2. The number of hydrogen-bond donors (Lipinski definition) is 2. The molecule has 1 aliphatic heterocycles. The Balaban J connectivity index is 1.31. The first-order valence-corrected chi connectivity index (χ1v) is 12.3. The molecule has 1 amide bonds. The fraction of sp³-hybridized carbons (Fsp3) is 0.652. The van der Waals surface area contributed by atoms with Crippen molar-refractivity contribution in [3.63, 3.8) is 0 Å². The van der Waals surface area contributed by atoms with Gasteiger partial charge in [-0.2, -0.15) is 11.8 Å². The van der Waals surface area contributed by atoms with Crippen molar-refractivity contribution in [2.75, 3.05) is 44.8 Å². The number of nitrogens with zero attached hydrogens (tertiary/aromatic N) is 2. The summed E-state index contributed by atoms with van der Waals surface area (Å²) in [6.07, 6.45) is 4.90. The fourth-order valence-electron chi connectivity index (χ4n) is 4.09. The highest BCUT2D eigenvalue weighted by Gasteiger charge is 2.30. The summed E-state index contributed by atoms with van der Waals surface area (Å²) in [5.41, 5.74) is 1.16. The van der Waals surface area contributed by atoms with E-state index in [9.17, 15) is 4.79 Å². The van der Waals surface area contributed by atoms with E-state index < -0.39 is 0 Å². The number of guanidine groups is 1. The van der Waals surface area contributed by atoms with E-state index in [0.29, 0.717) is 18.6 Å². The summed E-state index contributed by atoms with van der Waals surface area (Å²) in [5, 5.41) is 6.92. The zero-order chi connectivity index (χ0) is 21.2. The van der Waals surface area contributed by atoms with Crippen LogP contribution in [-0.2, 0) is 4.79 Å². The van der Waals surface area contributed by atoms with Crippen LogP contribution in [0, 0.1) is 12.8 Å². The van der Waals surface area contributed by atoms with E-state index in [2.05, 4.69) is 33.5 Å². The summed E-state index contributed by atoms with van der Waals surface area (Å²) >= 11 is 1.95. The van der Waals surface area contributed by atoms with E-state index in [-0.39, 0.29) is 5.92 Å². The summed E-state index contributed by atoms with van der Waals surface area (Å²) in [6.45, 7) is 5.40. The summed E-state index contributed by atoms with van der Waals surface area (Å²) < 4.78 is 5.85. The lowest BCUT2D eigenvalue weighted by Gasteiger charge is -2.34. The normalized spacial score (nSPS) is 22.5. The number of aliphatic imine (C=N–C) groups is 1. The molecule has 0 bridgehead atoms. The van der Waals surface area contributed by atoms with Crippen molar-refractivity contribution in [3.8, 4) is 5.75 Å². The molecule has 3 rings (SSSR count). The average Bonchev–Trinajstić information content (AvgIpc) is 2.79.